The lowest BCUT2D eigenvalue weighted by molar-refractivity contribution is -0.167. The number of nitrogens with zero attached hydrogens (tertiary/aromatic N) is 2. The highest BCUT2D eigenvalue weighted by molar-refractivity contribution is 7.99. The Morgan fingerprint density at radius 1 is 1.31 bits per heavy atom. The zero-order chi connectivity index (χ0) is 12.3. The van der Waals surface area contributed by atoms with Gasteiger partial charge in [0.25, 0.3) is 0 Å². The van der Waals surface area contributed by atoms with E-state index in [1.807, 2.05) is 0 Å². The Morgan fingerprint density at radius 2 is 1.81 bits per heavy atom. The van der Waals surface area contributed by atoms with E-state index in [0.29, 0.717) is 23.1 Å². The second-order valence-corrected chi connectivity index (χ2v) is 4.09. The number of ketones is 1. The molecule has 0 aliphatic rings. The first-order valence-corrected chi connectivity index (χ1v) is 5.32. The second kappa shape index (κ2) is 4.82. The van der Waals surface area contributed by atoms with E-state index >= 15 is 0 Å². The molecule has 0 fully saturated rings. The molecule has 1 heterocycles. The van der Waals surface area contributed by atoms with Crippen molar-refractivity contribution in [3.8, 4) is 0 Å². The van der Waals surface area contributed by atoms with Crippen LogP contribution < -0.4 is 0 Å². The van der Waals surface area contributed by atoms with Crippen molar-refractivity contribution in [3.05, 3.63) is 17.5 Å². The summed E-state index contributed by atoms with van der Waals surface area (Å²) < 4.78 is 35.7. The number of carbonyl (C=O) groups excluding carboxylic acids is 1. The van der Waals surface area contributed by atoms with Gasteiger partial charge in [0.2, 0.25) is 5.78 Å². The van der Waals surface area contributed by atoms with E-state index in [9.17, 15) is 18.0 Å². The summed E-state index contributed by atoms with van der Waals surface area (Å²) in [6.45, 7) is 3.43. The number of hydrogen-bond donors (Lipinski definition) is 0. The third-order valence-electron chi connectivity index (χ3n) is 1.61. The molecule has 7 heteroatoms. The number of hydrogen-bond acceptors (Lipinski definition) is 4. The average Bonchev–Trinajstić information content (AvgIpc) is 2.11. The fourth-order valence-corrected chi connectivity index (χ4v) is 1.81. The molecular weight excluding hydrogens is 241 g/mol. The molecule has 0 bridgehead atoms. The Balaban J connectivity index is 2.65. The van der Waals surface area contributed by atoms with Crippen LogP contribution >= 0.6 is 11.8 Å². The Morgan fingerprint density at radius 3 is 2.25 bits per heavy atom. The molecule has 0 N–H and O–H groups in total. The van der Waals surface area contributed by atoms with Gasteiger partial charge in [-0.3, -0.25) is 4.79 Å². The van der Waals surface area contributed by atoms with E-state index < -0.39 is 17.7 Å². The third kappa shape index (κ3) is 3.80. The standard InChI is InChI=1S/C9H9F3N2OS/c1-5-3-6(2)14-8(13-5)16-4-7(15)9(10,11)12/h3H,4H2,1-2H3. The molecule has 0 radical (unpaired) electrons. The number of aryl methyl sites for hydroxylation is 2. The monoisotopic (exact) mass is 250 g/mol. The van der Waals surface area contributed by atoms with Crippen molar-refractivity contribution < 1.29 is 18.0 Å². The maximum atomic E-state index is 11.9. The first-order valence-electron chi connectivity index (χ1n) is 4.34. The van der Waals surface area contributed by atoms with Crippen LogP contribution in [-0.4, -0.2) is 27.7 Å². The quantitative estimate of drug-likeness (QED) is 0.610. The Hall–Kier alpha value is -1.11. The fourth-order valence-electron chi connectivity index (χ4n) is 0.970. The van der Waals surface area contributed by atoms with Crippen LogP contribution in [0.1, 0.15) is 11.4 Å². The lowest BCUT2D eigenvalue weighted by atomic mass is 10.4. The van der Waals surface area contributed by atoms with Crippen LogP contribution in [0, 0.1) is 13.8 Å². The highest BCUT2D eigenvalue weighted by atomic mass is 32.2. The SMILES string of the molecule is Cc1cc(C)nc(SCC(=O)C(F)(F)F)n1. The maximum absolute atomic E-state index is 11.9. The molecule has 0 spiro atoms. The van der Waals surface area contributed by atoms with E-state index in [0.717, 1.165) is 0 Å². The molecule has 0 saturated carbocycles. The smallest absolute Gasteiger partial charge is 0.289 e. The van der Waals surface area contributed by atoms with Crippen LogP contribution in [0.25, 0.3) is 0 Å². The number of thioether (sulfide) groups is 1. The minimum absolute atomic E-state index is 0.190. The minimum atomic E-state index is -4.79. The highest BCUT2D eigenvalue weighted by Gasteiger charge is 2.37. The molecule has 1 aromatic heterocycles. The first-order chi connectivity index (χ1) is 7.29. The highest BCUT2D eigenvalue weighted by Crippen LogP contribution is 2.21. The third-order valence-corrected chi connectivity index (χ3v) is 2.46. The van der Waals surface area contributed by atoms with Crippen LogP contribution in [-0.2, 0) is 4.79 Å². The van der Waals surface area contributed by atoms with Crippen molar-refractivity contribution >= 4 is 17.5 Å². The molecule has 88 valence electrons. The first kappa shape index (κ1) is 13.0. The van der Waals surface area contributed by atoms with Gasteiger partial charge in [-0.25, -0.2) is 9.97 Å². The number of halogens is 3. The van der Waals surface area contributed by atoms with E-state index in [1.165, 1.54) is 0 Å². The van der Waals surface area contributed by atoms with Gasteiger partial charge in [0.1, 0.15) is 0 Å². The van der Waals surface area contributed by atoms with Crippen molar-refractivity contribution in [3.63, 3.8) is 0 Å². The van der Waals surface area contributed by atoms with Crippen LogP contribution in [0.2, 0.25) is 0 Å². The van der Waals surface area contributed by atoms with Gasteiger partial charge < -0.3 is 0 Å². The van der Waals surface area contributed by atoms with E-state index in [-0.39, 0.29) is 5.16 Å². The Bertz CT molecular complexity index is 386. The molecule has 0 aliphatic carbocycles. The molecule has 3 nitrogen and oxygen atoms in total. The number of alkyl halides is 3. The average molecular weight is 250 g/mol. The van der Waals surface area contributed by atoms with Crippen LogP contribution in [0.15, 0.2) is 11.2 Å². The summed E-state index contributed by atoms with van der Waals surface area (Å²) >= 11 is 0.692. The molecule has 0 aliphatic heterocycles. The zero-order valence-electron chi connectivity index (χ0n) is 8.63. The summed E-state index contributed by atoms with van der Waals surface area (Å²) in [4.78, 5) is 18.4. The molecule has 0 amide bonds. The Kier molecular flexibility index (Phi) is 3.90. The summed E-state index contributed by atoms with van der Waals surface area (Å²) in [6, 6.07) is 1.70. The van der Waals surface area contributed by atoms with Gasteiger partial charge in [0, 0.05) is 11.4 Å². The summed E-state index contributed by atoms with van der Waals surface area (Å²) in [5.41, 5.74) is 1.32. The fraction of sp³-hybridized carbons (Fsp3) is 0.444. The van der Waals surface area contributed by atoms with Gasteiger partial charge >= 0.3 is 6.18 Å². The number of Topliss-reactive ketones (excluding diaryl/α,β-unsaturated/α-hetero) is 1. The van der Waals surface area contributed by atoms with Crippen molar-refractivity contribution in [1.82, 2.24) is 9.97 Å². The lowest BCUT2D eigenvalue weighted by Gasteiger charge is -2.04. The van der Waals surface area contributed by atoms with E-state index in [1.54, 1.807) is 19.9 Å². The minimum Gasteiger partial charge on any atom is -0.289 e. The summed E-state index contributed by atoms with van der Waals surface area (Å²) in [6.07, 6.45) is -4.79. The normalized spacial score (nSPS) is 11.6. The molecule has 16 heavy (non-hydrogen) atoms. The predicted octanol–water partition coefficient (Wildman–Crippen LogP) is 2.32. The summed E-state index contributed by atoms with van der Waals surface area (Å²) in [5.74, 6) is -2.47. The van der Waals surface area contributed by atoms with Crippen LogP contribution in [0.3, 0.4) is 0 Å². The largest absolute Gasteiger partial charge is 0.450 e. The van der Waals surface area contributed by atoms with Crippen molar-refractivity contribution in [2.45, 2.75) is 25.2 Å². The van der Waals surface area contributed by atoms with Crippen molar-refractivity contribution in [1.29, 1.82) is 0 Å². The van der Waals surface area contributed by atoms with Crippen molar-refractivity contribution in [2.75, 3.05) is 5.75 Å². The van der Waals surface area contributed by atoms with E-state index in [2.05, 4.69) is 9.97 Å². The summed E-state index contributed by atoms with van der Waals surface area (Å²) in [7, 11) is 0. The number of carbonyl (C=O) groups is 1. The van der Waals surface area contributed by atoms with Gasteiger partial charge in [-0.05, 0) is 19.9 Å². The molecule has 1 aromatic rings. The van der Waals surface area contributed by atoms with E-state index in [4.69, 9.17) is 0 Å². The topological polar surface area (TPSA) is 42.9 Å². The molecule has 0 unspecified atom stereocenters. The maximum Gasteiger partial charge on any atom is 0.450 e. The van der Waals surface area contributed by atoms with Crippen molar-refractivity contribution in [2.24, 2.45) is 0 Å². The molecule has 0 aromatic carbocycles. The van der Waals surface area contributed by atoms with Crippen LogP contribution in [0.4, 0.5) is 13.2 Å². The predicted molar refractivity (Wildman–Crippen MR) is 53.3 cm³/mol. The van der Waals surface area contributed by atoms with Gasteiger partial charge in [-0.2, -0.15) is 13.2 Å². The zero-order valence-corrected chi connectivity index (χ0v) is 9.45. The Labute approximate surface area is 94.5 Å². The molecular formula is C9H9F3N2OS. The van der Waals surface area contributed by atoms with Gasteiger partial charge in [0.15, 0.2) is 5.16 Å². The number of aromatic nitrogens is 2. The molecule has 0 saturated heterocycles. The summed E-state index contributed by atoms with van der Waals surface area (Å²) in [5, 5.41) is 0.190. The second-order valence-electron chi connectivity index (χ2n) is 3.14. The lowest BCUT2D eigenvalue weighted by Crippen LogP contribution is -2.24. The number of rotatable bonds is 3. The molecule has 1 rings (SSSR count). The van der Waals surface area contributed by atoms with Gasteiger partial charge in [-0.1, -0.05) is 11.8 Å². The van der Waals surface area contributed by atoms with Crippen LogP contribution in [0.5, 0.6) is 0 Å². The van der Waals surface area contributed by atoms with Gasteiger partial charge in [-0.15, -0.1) is 0 Å². The molecule has 0 atom stereocenters. The van der Waals surface area contributed by atoms with Gasteiger partial charge in [0.05, 0.1) is 5.75 Å².